The van der Waals surface area contributed by atoms with E-state index in [9.17, 15) is 22.8 Å². The highest BCUT2D eigenvalue weighted by atomic mass is 19.4. The lowest BCUT2D eigenvalue weighted by Crippen LogP contribution is -2.10. The van der Waals surface area contributed by atoms with Gasteiger partial charge >= 0.3 is 18.1 Å². The summed E-state index contributed by atoms with van der Waals surface area (Å²) in [6.45, 7) is 3.65. The number of alkyl halides is 3. The van der Waals surface area contributed by atoms with E-state index in [1.165, 1.54) is 6.07 Å². The van der Waals surface area contributed by atoms with Crippen LogP contribution in [-0.4, -0.2) is 30.1 Å². The largest absolute Gasteiger partial charge is 0.466 e. The molecule has 0 bridgehead atoms. The molecule has 0 spiro atoms. The Labute approximate surface area is 142 Å². The van der Waals surface area contributed by atoms with Gasteiger partial charge in [-0.25, -0.2) is 4.79 Å². The number of esters is 2. The van der Waals surface area contributed by atoms with Gasteiger partial charge in [0.2, 0.25) is 0 Å². The van der Waals surface area contributed by atoms with E-state index in [0.717, 1.165) is 12.1 Å². The molecule has 2 rings (SSSR count). The summed E-state index contributed by atoms with van der Waals surface area (Å²) >= 11 is 0. The molecule has 0 saturated carbocycles. The van der Waals surface area contributed by atoms with E-state index in [4.69, 9.17) is 9.47 Å². The summed E-state index contributed by atoms with van der Waals surface area (Å²) in [5.41, 5.74) is -0.166. The van der Waals surface area contributed by atoms with Gasteiger partial charge < -0.3 is 14.5 Å². The molecule has 0 aliphatic heterocycles. The average molecular weight is 357 g/mol. The summed E-state index contributed by atoms with van der Waals surface area (Å²) in [5, 5.41) is 0.445. The fraction of sp³-hybridized carbons (Fsp3) is 0.412. The summed E-state index contributed by atoms with van der Waals surface area (Å²) in [5.74, 6) is -1.12. The Morgan fingerprint density at radius 1 is 1.12 bits per heavy atom. The van der Waals surface area contributed by atoms with Crippen LogP contribution in [0.15, 0.2) is 18.2 Å². The fourth-order valence-electron chi connectivity index (χ4n) is 2.53. The number of aromatic nitrogens is 1. The van der Waals surface area contributed by atoms with E-state index in [0.29, 0.717) is 10.9 Å². The number of hydrogen-bond acceptors (Lipinski definition) is 4. The lowest BCUT2D eigenvalue weighted by atomic mass is 10.0. The van der Waals surface area contributed by atoms with Crippen LogP contribution < -0.4 is 0 Å². The number of hydrogen-bond donors (Lipinski definition) is 1. The molecule has 0 amide bonds. The molecule has 1 heterocycles. The zero-order valence-electron chi connectivity index (χ0n) is 13.8. The highest BCUT2D eigenvalue weighted by Crippen LogP contribution is 2.33. The molecule has 1 aromatic carbocycles. The van der Waals surface area contributed by atoms with Crippen molar-refractivity contribution in [1.82, 2.24) is 4.98 Å². The summed E-state index contributed by atoms with van der Waals surface area (Å²) in [6, 6.07) is 3.17. The highest BCUT2D eigenvalue weighted by Gasteiger charge is 2.31. The third kappa shape index (κ3) is 4.32. The highest BCUT2D eigenvalue weighted by molar-refractivity contribution is 5.98. The van der Waals surface area contributed by atoms with E-state index < -0.39 is 23.7 Å². The molecule has 2 aromatic rings. The lowest BCUT2D eigenvalue weighted by molar-refractivity contribution is -0.143. The Morgan fingerprint density at radius 2 is 1.80 bits per heavy atom. The van der Waals surface area contributed by atoms with Crippen LogP contribution in [0.2, 0.25) is 0 Å². The third-order valence-electron chi connectivity index (χ3n) is 3.60. The third-order valence-corrected chi connectivity index (χ3v) is 3.60. The minimum absolute atomic E-state index is 0.00816. The molecule has 25 heavy (non-hydrogen) atoms. The van der Waals surface area contributed by atoms with Gasteiger partial charge in [0.1, 0.15) is 5.69 Å². The van der Waals surface area contributed by atoms with E-state index in [2.05, 4.69) is 4.98 Å². The number of halogens is 3. The van der Waals surface area contributed by atoms with Gasteiger partial charge in [-0.15, -0.1) is 0 Å². The van der Waals surface area contributed by atoms with Crippen molar-refractivity contribution in [3.63, 3.8) is 0 Å². The van der Waals surface area contributed by atoms with Crippen molar-refractivity contribution in [1.29, 1.82) is 0 Å². The van der Waals surface area contributed by atoms with Gasteiger partial charge in [0.25, 0.3) is 0 Å². The number of H-pyrrole nitrogens is 1. The second-order valence-electron chi connectivity index (χ2n) is 5.26. The molecule has 0 fully saturated rings. The maximum absolute atomic E-state index is 12.9. The van der Waals surface area contributed by atoms with Gasteiger partial charge in [-0.05, 0) is 38.0 Å². The van der Waals surface area contributed by atoms with E-state index in [1.54, 1.807) is 13.8 Å². The monoisotopic (exact) mass is 357 g/mol. The smallest absolute Gasteiger partial charge is 0.416 e. The number of ether oxygens (including phenoxy) is 2. The quantitative estimate of drug-likeness (QED) is 0.797. The number of carbonyl (C=O) groups is 2. The van der Waals surface area contributed by atoms with Crippen LogP contribution in [0, 0.1) is 0 Å². The number of nitrogens with one attached hydrogen (secondary N) is 1. The van der Waals surface area contributed by atoms with Crippen LogP contribution in [-0.2, 0) is 26.9 Å². The van der Waals surface area contributed by atoms with Crippen LogP contribution >= 0.6 is 0 Å². The Morgan fingerprint density at radius 3 is 2.40 bits per heavy atom. The lowest BCUT2D eigenvalue weighted by Gasteiger charge is -2.07. The van der Waals surface area contributed by atoms with Gasteiger partial charge in [0, 0.05) is 17.3 Å². The molecular formula is C17H18F3NO4. The molecule has 1 aromatic heterocycles. The second-order valence-corrected chi connectivity index (χ2v) is 5.26. The van der Waals surface area contributed by atoms with Crippen molar-refractivity contribution in [3.05, 3.63) is 35.0 Å². The predicted molar refractivity (Wildman–Crippen MR) is 84.2 cm³/mol. The number of carbonyl (C=O) groups excluding carboxylic acids is 2. The number of aromatic amines is 1. The van der Waals surface area contributed by atoms with Crippen molar-refractivity contribution in [2.24, 2.45) is 0 Å². The molecule has 136 valence electrons. The van der Waals surface area contributed by atoms with Crippen LogP contribution in [0.4, 0.5) is 13.2 Å². The van der Waals surface area contributed by atoms with Crippen molar-refractivity contribution in [2.45, 2.75) is 32.9 Å². The number of rotatable bonds is 6. The van der Waals surface area contributed by atoms with Crippen LogP contribution in [0.1, 0.15) is 41.9 Å². The van der Waals surface area contributed by atoms with Gasteiger partial charge in [0.15, 0.2) is 0 Å². The first kappa shape index (κ1) is 18.8. The van der Waals surface area contributed by atoms with Crippen LogP contribution in [0.25, 0.3) is 10.9 Å². The van der Waals surface area contributed by atoms with Gasteiger partial charge in [-0.3, -0.25) is 4.79 Å². The molecule has 1 N–H and O–H groups in total. The molecular weight excluding hydrogens is 339 g/mol. The maximum atomic E-state index is 12.9. The van der Waals surface area contributed by atoms with Gasteiger partial charge in [-0.2, -0.15) is 13.2 Å². The molecule has 8 heteroatoms. The van der Waals surface area contributed by atoms with Gasteiger partial charge in [-0.1, -0.05) is 6.07 Å². The normalized spacial score (nSPS) is 11.6. The van der Waals surface area contributed by atoms with Crippen LogP contribution in [0.5, 0.6) is 0 Å². The number of aryl methyl sites for hydroxylation is 1. The van der Waals surface area contributed by atoms with Crippen molar-refractivity contribution in [2.75, 3.05) is 13.2 Å². The van der Waals surface area contributed by atoms with E-state index >= 15 is 0 Å². The molecule has 0 aliphatic rings. The maximum Gasteiger partial charge on any atom is 0.416 e. The molecule has 0 radical (unpaired) electrons. The molecule has 5 nitrogen and oxygen atoms in total. The number of benzene rings is 1. The first-order valence-electron chi connectivity index (χ1n) is 7.82. The molecule has 0 aliphatic carbocycles. The first-order chi connectivity index (χ1) is 11.8. The van der Waals surface area contributed by atoms with Crippen molar-refractivity contribution < 1.29 is 32.2 Å². The Balaban J connectivity index is 2.45. The first-order valence-corrected chi connectivity index (χ1v) is 7.82. The predicted octanol–water partition coefficient (Wildman–Crippen LogP) is 3.86. The van der Waals surface area contributed by atoms with Crippen molar-refractivity contribution in [3.8, 4) is 0 Å². The fourth-order valence-corrected chi connectivity index (χ4v) is 2.53. The minimum Gasteiger partial charge on any atom is -0.466 e. The molecule has 0 unspecified atom stereocenters. The van der Waals surface area contributed by atoms with Gasteiger partial charge in [0.05, 0.1) is 18.8 Å². The van der Waals surface area contributed by atoms with E-state index in [1.807, 2.05) is 0 Å². The standard InChI is InChI=1S/C17H18F3NO4/c1-3-24-14(22)8-7-12-11-6-5-10(17(18,19)20)9-13(11)21-15(12)16(23)25-4-2/h5-6,9,21H,3-4,7-8H2,1-2H3. The minimum atomic E-state index is -4.49. The summed E-state index contributed by atoms with van der Waals surface area (Å²) in [6.07, 6.45) is -4.33. The van der Waals surface area contributed by atoms with Crippen molar-refractivity contribution >= 4 is 22.8 Å². The summed E-state index contributed by atoms with van der Waals surface area (Å²) in [4.78, 5) is 26.4. The average Bonchev–Trinajstić information content (AvgIpc) is 2.90. The topological polar surface area (TPSA) is 68.4 Å². The van der Waals surface area contributed by atoms with Crippen LogP contribution in [0.3, 0.4) is 0 Å². The number of fused-ring (bicyclic) bond motifs is 1. The Bertz CT molecular complexity index is 780. The zero-order chi connectivity index (χ0) is 18.6. The molecule has 0 saturated heterocycles. The summed E-state index contributed by atoms with van der Waals surface area (Å²) < 4.78 is 48.4. The molecule has 0 atom stereocenters. The second kappa shape index (κ2) is 7.58. The van der Waals surface area contributed by atoms with E-state index in [-0.39, 0.29) is 37.3 Å². The Hall–Kier alpha value is -2.51. The summed E-state index contributed by atoms with van der Waals surface area (Å²) in [7, 11) is 0. The Kier molecular flexibility index (Phi) is 5.71. The SMILES string of the molecule is CCOC(=O)CCc1c(C(=O)OCC)[nH]c2cc(C(F)(F)F)ccc12. The zero-order valence-corrected chi connectivity index (χ0v) is 13.8.